The highest BCUT2D eigenvalue weighted by molar-refractivity contribution is 6.20. The Morgan fingerprint density at radius 1 is 1.10 bits per heavy atom. The standard InChI is InChI=1S/C17H19ClN2/c18-14-9-15-6-7-16(10-14)20(15)11-13-4-1-3-12-5-2-8-19-17(12)13/h1-5,8,14-16H,6-7,9-11H2. The topological polar surface area (TPSA) is 16.1 Å². The average Bonchev–Trinajstić information content (AvgIpc) is 2.70. The Bertz CT molecular complexity index is 608. The molecule has 0 aliphatic carbocycles. The van der Waals surface area contributed by atoms with Gasteiger partial charge in [-0.05, 0) is 37.3 Å². The van der Waals surface area contributed by atoms with E-state index in [9.17, 15) is 0 Å². The van der Waals surface area contributed by atoms with Gasteiger partial charge in [-0.2, -0.15) is 0 Å². The van der Waals surface area contributed by atoms with Gasteiger partial charge in [0.25, 0.3) is 0 Å². The van der Waals surface area contributed by atoms with E-state index in [1.807, 2.05) is 12.3 Å². The molecule has 0 amide bonds. The van der Waals surface area contributed by atoms with Crippen LogP contribution in [0.15, 0.2) is 36.5 Å². The summed E-state index contributed by atoms with van der Waals surface area (Å²) in [6, 6.07) is 12.0. The molecular formula is C17H19ClN2. The quantitative estimate of drug-likeness (QED) is 0.777. The minimum atomic E-state index is 0.384. The minimum Gasteiger partial charge on any atom is -0.293 e. The third-order valence-electron chi connectivity index (χ3n) is 4.90. The van der Waals surface area contributed by atoms with Gasteiger partial charge in [0.2, 0.25) is 0 Å². The van der Waals surface area contributed by atoms with Crippen LogP contribution in [0.3, 0.4) is 0 Å². The van der Waals surface area contributed by atoms with Crippen molar-refractivity contribution in [1.29, 1.82) is 0 Å². The molecule has 2 fully saturated rings. The van der Waals surface area contributed by atoms with Crippen LogP contribution in [0.25, 0.3) is 10.9 Å². The highest BCUT2D eigenvalue weighted by Crippen LogP contribution is 2.39. The van der Waals surface area contributed by atoms with E-state index >= 15 is 0 Å². The lowest BCUT2D eigenvalue weighted by atomic mass is 10.0. The number of benzene rings is 1. The molecular weight excluding hydrogens is 268 g/mol. The van der Waals surface area contributed by atoms with Crippen molar-refractivity contribution in [3.05, 3.63) is 42.1 Å². The number of piperidine rings is 1. The molecule has 3 heterocycles. The molecule has 0 saturated carbocycles. The van der Waals surface area contributed by atoms with E-state index in [0.29, 0.717) is 17.5 Å². The summed E-state index contributed by atoms with van der Waals surface area (Å²) in [7, 11) is 0. The molecule has 104 valence electrons. The highest BCUT2D eigenvalue weighted by atomic mass is 35.5. The minimum absolute atomic E-state index is 0.384. The maximum absolute atomic E-state index is 6.37. The van der Waals surface area contributed by atoms with E-state index in [1.54, 1.807) is 0 Å². The molecule has 2 bridgehead atoms. The highest BCUT2D eigenvalue weighted by Gasteiger charge is 2.39. The van der Waals surface area contributed by atoms with Gasteiger partial charge in [0.05, 0.1) is 5.52 Å². The van der Waals surface area contributed by atoms with Crippen LogP contribution in [-0.2, 0) is 6.54 Å². The summed E-state index contributed by atoms with van der Waals surface area (Å²) in [6.45, 7) is 1.02. The lowest BCUT2D eigenvalue weighted by Crippen LogP contribution is -2.42. The summed E-state index contributed by atoms with van der Waals surface area (Å²) in [5, 5.41) is 1.62. The van der Waals surface area contributed by atoms with Crippen molar-refractivity contribution in [1.82, 2.24) is 9.88 Å². The van der Waals surface area contributed by atoms with Gasteiger partial charge in [-0.1, -0.05) is 24.3 Å². The zero-order valence-electron chi connectivity index (χ0n) is 11.5. The van der Waals surface area contributed by atoms with Crippen LogP contribution in [0, 0.1) is 0 Å². The first-order valence-electron chi connectivity index (χ1n) is 7.54. The van der Waals surface area contributed by atoms with Crippen molar-refractivity contribution >= 4 is 22.5 Å². The number of aromatic nitrogens is 1. The number of alkyl halides is 1. The molecule has 0 radical (unpaired) electrons. The van der Waals surface area contributed by atoms with E-state index < -0.39 is 0 Å². The predicted octanol–water partition coefficient (Wildman–Crippen LogP) is 3.97. The average molecular weight is 287 g/mol. The Morgan fingerprint density at radius 2 is 1.85 bits per heavy atom. The van der Waals surface area contributed by atoms with Crippen molar-refractivity contribution < 1.29 is 0 Å². The van der Waals surface area contributed by atoms with E-state index in [-0.39, 0.29) is 0 Å². The number of pyridine rings is 1. The molecule has 2 unspecified atom stereocenters. The third-order valence-corrected chi connectivity index (χ3v) is 5.25. The lowest BCUT2D eigenvalue weighted by molar-refractivity contribution is 0.135. The monoisotopic (exact) mass is 286 g/mol. The summed E-state index contributed by atoms with van der Waals surface area (Å²) in [4.78, 5) is 7.25. The van der Waals surface area contributed by atoms with Gasteiger partial charge in [0, 0.05) is 35.6 Å². The normalized spacial score (nSPS) is 29.9. The van der Waals surface area contributed by atoms with Gasteiger partial charge >= 0.3 is 0 Å². The number of rotatable bonds is 2. The summed E-state index contributed by atoms with van der Waals surface area (Å²) >= 11 is 6.37. The Kier molecular flexibility index (Phi) is 3.16. The first-order valence-corrected chi connectivity index (χ1v) is 7.97. The smallest absolute Gasteiger partial charge is 0.0746 e. The maximum atomic E-state index is 6.37. The molecule has 2 saturated heterocycles. The fourth-order valence-corrected chi connectivity index (χ4v) is 4.37. The Hall–Kier alpha value is -1.12. The molecule has 2 aliphatic heterocycles. The van der Waals surface area contributed by atoms with Crippen LogP contribution in [0.5, 0.6) is 0 Å². The second-order valence-corrected chi connectivity index (χ2v) is 6.74. The second-order valence-electron chi connectivity index (χ2n) is 6.12. The van der Waals surface area contributed by atoms with Crippen molar-refractivity contribution in [3.8, 4) is 0 Å². The van der Waals surface area contributed by atoms with Gasteiger partial charge in [-0.15, -0.1) is 11.6 Å². The summed E-state index contributed by atoms with van der Waals surface area (Å²) in [6.07, 6.45) is 6.82. The molecule has 3 heteroatoms. The molecule has 1 aromatic carbocycles. The van der Waals surface area contributed by atoms with Crippen LogP contribution in [0.2, 0.25) is 0 Å². The Morgan fingerprint density at radius 3 is 2.65 bits per heavy atom. The molecule has 2 aromatic rings. The van der Waals surface area contributed by atoms with Crippen LogP contribution in [0.1, 0.15) is 31.2 Å². The van der Waals surface area contributed by atoms with E-state index in [0.717, 1.165) is 24.9 Å². The maximum Gasteiger partial charge on any atom is 0.0746 e. The molecule has 0 spiro atoms. The Balaban J connectivity index is 1.65. The lowest BCUT2D eigenvalue weighted by Gasteiger charge is -2.37. The van der Waals surface area contributed by atoms with E-state index in [2.05, 4.69) is 34.1 Å². The van der Waals surface area contributed by atoms with Gasteiger partial charge in [0.15, 0.2) is 0 Å². The zero-order chi connectivity index (χ0) is 13.5. The van der Waals surface area contributed by atoms with Gasteiger partial charge in [0.1, 0.15) is 0 Å². The first-order chi connectivity index (χ1) is 9.81. The molecule has 20 heavy (non-hydrogen) atoms. The van der Waals surface area contributed by atoms with E-state index in [4.69, 9.17) is 11.6 Å². The zero-order valence-corrected chi connectivity index (χ0v) is 12.3. The largest absolute Gasteiger partial charge is 0.293 e. The van der Waals surface area contributed by atoms with Gasteiger partial charge < -0.3 is 0 Å². The number of halogens is 1. The van der Waals surface area contributed by atoms with Crippen LogP contribution in [0.4, 0.5) is 0 Å². The van der Waals surface area contributed by atoms with Crippen LogP contribution >= 0.6 is 11.6 Å². The first kappa shape index (κ1) is 12.6. The fraction of sp³-hybridized carbons (Fsp3) is 0.471. The summed E-state index contributed by atoms with van der Waals surface area (Å²) in [5.41, 5.74) is 2.51. The SMILES string of the molecule is ClC1CC2CCC(C1)N2Cc1cccc2cccnc12. The molecule has 0 N–H and O–H groups in total. The van der Waals surface area contributed by atoms with Crippen molar-refractivity contribution in [3.63, 3.8) is 0 Å². The summed E-state index contributed by atoms with van der Waals surface area (Å²) < 4.78 is 0. The number of hydrogen-bond donors (Lipinski definition) is 0. The Labute approximate surface area is 124 Å². The third kappa shape index (κ3) is 2.11. The van der Waals surface area contributed by atoms with Crippen LogP contribution < -0.4 is 0 Å². The van der Waals surface area contributed by atoms with Crippen molar-refractivity contribution in [2.45, 2.75) is 49.7 Å². The summed E-state index contributed by atoms with van der Waals surface area (Å²) in [5.74, 6) is 0. The number of nitrogens with zero attached hydrogens (tertiary/aromatic N) is 2. The molecule has 1 aromatic heterocycles. The number of hydrogen-bond acceptors (Lipinski definition) is 2. The number of para-hydroxylation sites is 1. The molecule has 2 atom stereocenters. The fourth-order valence-electron chi connectivity index (χ4n) is 3.96. The second kappa shape index (κ2) is 5.01. The molecule has 2 nitrogen and oxygen atoms in total. The van der Waals surface area contributed by atoms with E-state index in [1.165, 1.54) is 23.8 Å². The van der Waals surface area contributed by atoms with Gasteiger partial charge in [-0.3, -0.25) is 9.88 Å². The number of fused-ring (bicyclic) bond motifs is 3. The van der Waals surface area contributed by atoms with Gasteiger partial charge in [-0.25, -0.2) is 0 Å². The molecule has 2 aliphatic rings. The van der Waals surface area contributed by atoms with Crippen molar-refractivity contribution in [2.75, 3.05) is 0 Å². The predicted molar refractivity (Wildman–Crippen MR) is 83.0 cm³/mol. The van der Waals surface area contributed by atoms with Crippen molar-refractivity contribution in [2.24, 2.45) is 0 Å². The molecule has 4 rings (SSSR count). The van der Waals surface area contributed by atoms with Crippen LogP contribution in [-0.4, -0.2) is 27.3 Å².